The molecular weight excluding hydrogens is 280 g/mol. The van der Waals surface area contributed by atoms with Gasteiger partial charge in [0, 0.05) is 12.1 Å². The van der Waals surface area contributed by atoms with Gasteiger partial charge in [0.25, 0.3) is 0 Å². The number of phenolic OH excluding ortho intramolecular Hbond substituents is 1. The number of nitrogens with zero attached hydrogens (tertiary/aromatic N) is 1. The number of phenols is 1. The first-order valence-electron chi connectivity index (χ1n) is 7.16. The molecule has 3 aromatic rings. The number of hydrogen-bond donors (Lipinski definition) is 2. The van der Waals surface area contributed by atoms with Crippen LogP contribution in [0.3, 0.4) is 0 Å². The fourth-order valence-corrected chi connectivity index (χ4v) is 2.22. The maximum Gasteiger partial charge on any atom is 0.231 e. The van der Waals surface area contributed by atoms with Crippen molar-refractivity contribution in [1.29, 1.82) is 0 Å². The van der Waals surface area contributed by atoms with Crippen LogP contribution in [0, 0.1) is 0 Å². The quantitative estimate of drug-likeness (QED) is 0.715. The lowest BCUT2D eigenvalue weighted by atomic mass is 10.1. The van der Waals surface area contributed by atoms with Crippen LogP contribution in [0.25, 0.3) is 22.6 Å². The zero-order chi connectivity index (χ0) is 15.5. The Hall–Kier alpha value is -2.82. The number of oxazole rings is 1. The van der Waals surface area contributed by atoms with Crippen LogP contribution in [0.15, 0.2) is 46.9 Å². The third-order valence-corrected chi connectivity index (χ3v) is 3.28. The predicted molar refractivity (Wildman–Crippen MR) is 84.6 cm³/mol. The molecule has 22 heavy (non-hydrogen) atoms. The molecule has 2 aromatic carbocycles. The number of rotatable bonds is 4. The molecule has 0 saturated heterocycles. The topological polar surface area (TPSA) is 75.4 Å². The molecular formula is C17H16N2O3. The number of aromatic hydroxyl groups is 1. The Bertz CT molecular complexity index is 791. The second-order valence-electron chi connectivity index (χ2n) is 5.02. The van der Waals surface area contributed by atoms with Crippen molar-refractivity contribution in [2.75, 3.05) is 5.32 Å². The number of carbonyl (C=O) groups excluding carboxylic acids is 1. The number of hydrogen-bond acceptors (Lipinski definition) is 4. The van der Waals surface area contributed by atoms with E-state index in [1.165, 1.54) is 6.07 Å². The molecule has 0 aliphatic rings. The van der Waals surface area contributed by atoms with E-state index in [1.807, 2.05) is 31.2 Å². The van der Waals surface area contributed by atoms with Crippen molar-refractivity contribution < 1.29 is 14.3 Å². The summed E-state index contributed by atoms with van der Waals surface area (Å²) in [4.78, 5) is 16.0. The largest absolute Gasteiger partial charge is 0.507 e. The predicted octanol–water partition coefficient (Wildman–Crippen LogP) is 3.94. The van der Waals surface area contributed by atoms with Crippen LogP contribution < -0.4 is 5.32 Å². The Kier molecular flexibility index (Phi) is 3.78. The molecule has 0 radical (unpaired) electrons. The summed E-state index contributed by atoms with van der Waals surface area (Å²) in [6, 6.07) is 12.2. The van der Waals surface area contributed by atoms with Crippen molar-refractivity contribution in [3.8, 4) is 17.2 Å². The summed E-state index contributed by atoms with van der Waals surface area (Å²) in [5.74, 6) is 0.321. The van der Waals surface area contributed by atoms with Crippen LogP contribution in [0.5, 0.6) is 5.75 Å². The molecule has 2 N–H and O–H groups in total. The van der Waals surface area contributed by atoms with E-state index < -0.39 is 0 Å². The van der Waals surface area contributed by atoms with E-state index in [0.29, 0.717) is 29.1 Å². The van der Waals surface area contributed by atoms with E-state index in [2.05, 4.69) is 10.3 Å². The van der Waals surface area contributed by atoms with Gasteiger partial charge in [-0.1, -0.05) is 19.1 Å². The average Bonchev–Trinajstić information content (AvgIpc) is 2.93. The summed E-state index contributed by atoms with van der Waals surface area (Å²) in [5, 5.41) is 12.8. The second kappa shape index (κ2) is 5.89. The zero-order valence-corrected chi connectivity index (χ0v) is 12.2. The van der Waals surface area contributed by atoms with Crippen molar-refractivity contribution in [2.24, 2.45) is 0 Å². The number of fused-ring (bicyclic) bond motifs is 1. The first-order chi connectivity index (χ1) is 10.7. The van der Waals surface area contributed by atoms with Gasteiger partial charge in [0.2, 0.25) is 11.8 Å². The third kappa shape index (κ3) is 2.79. The highest BCUT2D eigenvalue weighted by Crippen LogP contribution is 2.33. The Labute approximate surface area is 127 Å². The maximum atomic E-state index is 11.7. The molecule has 1 aromatic heterocycles. The van der Waals surface area contributed by atoms with Gasteiger partial charge in [-0.25, -0.2) is 4.98 Å². The molecule has 3 rings (SSSR count). The number of para-hydroxylation sites is 2. The molecule has 0 aliphatic heterocycles. The number of nitrogens with one attached hydrogen (secondary N) is 1. The molecule has 1 heterocycles. The minimum atomic E-state index is -0.0586. The van der Waals surface area contributed by atoms with Crippen LogP contribution in [0.1, 0.15) is 19.8 Å². The van der Waals surface area contributed by atoms with Crippen LogP contribution in [0.2, 0.25) is 0 Å². The van der Waals surface area contributed by atoms with Gasteiger partial charge in [0.15, 0.2) is 5.58 Å². The normalized spacial score (nSPS) is 10.8. The SMILES string of the molecule is CCCC(=O)Nc1ccc(O)c(-c2nc3ccccc3o2)c1. The maximum absolute atomic E-state index is 11.7. The summed E-state index contributed by atoms with van der Waals surface area (Å²) in [5.41, 5.74) is 2.42. The van der Waals surface area contributed by atoms with Crippen molar-refractivity contribution in [3.63, 3.8) is 0 Å². The Morgan fingerprint density at radius 1 is 1.27 bits per heavy atom. The number of carbonyl (C=O) groups is 1. The fraction of sp³-hybridized carbons (Fsp3) is 0.176. The van der Waals surface area contributed by atoms with Gasteiger partial charge >= 0.3 is 0 Å². The number of anilines is 1. The molecule has 0 aliphatic carbocycles. The molecule has 1 amide bonds. The van der Waals surface area contributed by atoms with Crippen LogP contribution in [0.4, 0.5) is 5.69 Å². The molecule has 0 saturated carbocycles. The molecule has 112 valence electrons. The van der Waals surface area contributed by atoms with Crippen LogP contribution in [-0.4, -0.2) is 16.0 Å². The molecule has 0 unspecified atom stereocenters. The summed E-state index contributed by atoms with van der Waals surface area (Å²) in [7, 11) is 0. The van der Waals surface area contributed by atoms with E-state index in [0.717, 1.165) is 11.9 Å². The Morgan fingerprint density at radius 3 is 2.86 bits per heavy atom. The van der Waals surface area contributed by atoms with Gasteiger partial charge in [0.05, 0.1) is 5.56 Å². The van der Waals surface area contributed by atoms with Gasteiger partial charge in [-0.05, 0) is 36.8 Å². The van der Waals surface area contributed by atoms with Gasteiger partial charge in [-0.3, -0.25) is 4.79 Å². The minimum absolute atomic E-state index is 0.0556. The lowest BCUT2D eigenvalue weighted by Crippen LogP contribution is -2.10. The van der Waals surface area contributed by atoms with Gasteiger partial charge in [0.1, 0.15) is 11.3 Å². The Morgan fingerprint density at radius 2 is 2.09 bits per heavy atom. The third-order valence-electron chi connectivity index (χ3n) is 3.28. The highest BCUT2D eigenvalue weighted by atomic mass is 16.3. The first kappa shape index (κ1) is 14.1. The highest BCUT2D eigenvalue weighted by molar-refractivity contribution is 5.91. The van der Waals surface area contributed by atoms with Gasteiger partial charge < -0.3 is 14.8 Å². The summed E-state index contributed by atoms with van der Waals surface area (Å²) >= 11 is 0. The summed E-state index contributed by atoms with van der Waals surface area (Å²) in [6.07, 6.45) is 1.24. The fourth-order valence-electron chi connectivity index (χ4n) is 2.22. The number of amides is 1. The minimum Gasteiger partial charge on any atom is -0.507 e. The zero-order valence-electron chi connectivity index (χ0n) is 12.2. The molecule has 5 heteroatoms. The standard InChI is InChI=1S/C17H16N2O3/c1-2-5-16(21)18-11-8-9-14(20)12(10-11)17-19-13-6-3-4-7-15(13)22-17/h3-4,6-10,20H,2,5H2,1H3,(H,18,21). The molecule has 0 bridgehead atoms. The molecule has 0 atom stereocenters. The smallest absolute Gasteiger partial charge is 0.231 e. The summed E-state index contributed by atoms with van der Waals surface area (Å²) in [6.45, 7) is 1.94. The van der Waals surface area contributed by atoms with Crippen molar-refractivity contribution in [3.05, 3.63) is 42.5 Å². The number of aromatic nitrogens is 1. The number of benzene rings is 2. The average molecular weight is 296 g/mol. The van der Waals surface area contributed by atoms with Crippen molar-refractivity contribution in [2.45, 2.75) is 19.8 Å². The second-order valence-corrected chi connectivity index (χ2v) is 5.02. The highest BCUT2D eigenvalue weighted by Gasteiger charge is 2.13. The van der Waals surface area contributed by atoms with Crippen LogP contribution in [-0.2, 0) is 4.79 Å². The lowest BCUT2D eigenvalue weighted by molar-refractivity contribution is -0.116. The summed E-state index contributed by atoms with van der Waals surface area (Å²) < 4.78 is 5.66. The lowest BCUT2D eigenvalue weighted by Gasteiger charge is -2.07. The van der Waals surface area contributed by atoms with Gasteiger partial charge in [-0.2, -0.15) is 0 Å². The van der Waals surface area contributed by atoms with Crippen molar-refractivity contribution in [1.82, 2.24) is 4.98 Å². The monoisotopic (exact) mass is 296 g/mol. The first-order valence-corrected chi connectivity index (χ1v) is 7.16. The van der Waals surface area contributed by atoms with Crippen LogP contribution >= 0.6 is 0 Å². The van der Waals surface area contributed by atoms with E-state index in [-0.39, 0.29) is 11.7 Å². The van der Waals surface area contributed by atoms with E-state index in [1.54, 1.807) is 12.1 Å². The molecule has 0 fully saturated rings. The molecule has 5 nitrogen and oxygen atoms in total. The van der Waals surface area contributed by atoms with Gasteiger partial charge in [-0.15, -0.1) is 0 Å². The van der Waals surface area contributed by atoms with E-state index >= 15 is 0 Å². The van der Waals surface area contributed by atoms with E-state index in [4.69, 9.17) is 4.42 Å². The van der Waals surface area contributed by atoms with Crippen molar-refractivity contribution >= 4 is 22.7 Å². The Balaban J connectivity index is 1.97. The molecule has 0 spiro atoms. The van der Waals surface area contributed by atoms with E-state index in [9.17, 15) is 9.90 Å².